The van der Waals surface area contributed by atoms with Crippen molar-refractivity contribution in [2.24, 2.45) is 5.10 Å². The first kappa shape index (κ1) is 25.3. The van der Waals surface area contributed by atoms with Crippen molar-refractivity contribution in [2.45, 2.75) is 78.1 Å². The predicted octanol–water partition coefficient (Wildman–Crippen LogP) is 6.59. The smallest absolute Gasteiger partial charge is 0.343 e. The first-order valence-electron chi connectivity index (χ1n) is 11.8. The lowest BCUT2D eigenvalue weighted by molar-refractivity contribution is -0.121. The second-order valence-corrected chi connectivity index (χ2v) is 8.15. The molecule has 0 aliphatic carbocycles. The molecule has 0 bridgehead atoms. The minimum absolute atomic E-state index is 0.0621. The summed E-state index contributed by atoms with van der Waals surface area (Å²) in [5.41, 5.74) is 4.81. The van der Waals surface area contributed by atoms with Gasteiger partial charge in [0.05, 0.1) is 11.8 Å². The zero-order valence-electron chi connectivity index (χ0n) is 19.4. The van der Waals surface area contributed by atoms with Crippen LogP contribution in [0.2, 0.25) is 0 Å². The van der Waals surface area contributed by atoms with Gasteiger partial charge in [0.15, 0.2) is 0 Å². The number of ether oxygens (including phenoxy) is 1. The summed E-state index contributed by atoms with van der Waals surface area (Å²) in [6, 6.07) is 14.3. The number of hydrogen-bond acceptors (Lipinski definition) is 4. The van der Waals surface area contributed by atoms with Crippen molar-refractivity contribution in [3.63, 3.8) is 0 Å². The van der Waals surface area contributed by atoms with E-state index in [1.807, 2.05) is 25.1 Å². The van der Waals surface area contributed by atoms with E-state index in [2.05, 4.69) is 17.5 Å². The number of hydrazone groups is 1. The molecule has 1 N–H and O–H groups in total. The molecule has 5 nitrogen and oxygen atoms in total. The van der Waals surface area contributed by atoms with Crippen molar-refractivity contribution in [2.75, 3.05) is 0 Å². The second-order valence-electron chi connectivity index (χ2n) is 8.15. The lowest BCUT2D eigenvalue weighted by Crippen LogP contribution is -2.16. The van der Waals surface area contributed by atoms with Gasteiger partial charge < -0.3 is 4.74 Å². The Morgan fingerprint density at radius 1 is 0.875 bits per heavy atom. The molecule has 0 spiro atoms. The first-order valence-corrected chi connectivity index (χ1v) is 11.8. The summed E-state index contributed by atoms with van der Waals surface area (Å²) in [6.07, 6.45) is 13.1. The maximum absolute atomic E-state index is 12.3. The summed E-state index contributed by atoms with van der Waals surface area (Å²) < 4.78 is 5.42. The second kappa shape index (κ2) is 15.0. The topological polar surface area (TPSA) is 67.8 Å². The fraction of sp³-hybridized carbons (Fsp3) is 0.444. The highest BCUT2D eigenvalue weighted by molar-refractivity contribution is 5.92. The van der Waals surface area contributed by atoms with Crippen molar-refractivity contribution in [1.82, 2.24) is 5.43 Å². The average Bonchev–Trinajstić information content (AvgIpc) is 2.79. The van der Waals surface area contributed by atoms with Gasteiger partial charge in [0.2, 0.25) is 5.91 Å². The molecule has 2 rings (SSSR count). The molecule has 32 heavy (non-hydrogen) atoms. The normalized spacial score (nSPS) is 10.9. The largest absolute Gasteiger partial charge is 0.423 e. The molecule has 5 heteroatoms. The van der Waals surface area contributed by atoms with Gasteiger partial charge in [-0.3, -0.25) is 4.79 Å². The Bertz CT molecular complexity index is 859. The quantitative estimate of drug-likeness (QED) is 0.119. The monoisotopic (exact) mass is 436 g/mol. The molecule has 0 saturated carbocycles. The molecular formula is C27H36N2O3. The van der Waals surface area contributed by atoms with E-state index in [0.29, 0.717) is 17.7 Å². The van der Waals surface area contributed by atoms with Crippen LogP contribution in [-0.2, 0) is 4.79 Å². The van der Waals surface area contributed by atoms with Gasteiger partial charge in [-0.15, -0.1) is 0 Å². The van der Waals surface area contributed by atoms with Crippen LogP contribution in [0.25, 0.3) is 0 Å². The highest BCUT2D eigenvalue weighted by atomic mass is 16.5. The Labute approximate surface area is 192 Å². The van der Waals surface area contributed by atoms with E-state index in [4.69, 9.17) is 4.74 Å². The van der Waals surface area contributed by atoms with Crippen LogP contribution in [0.4, 0.5) is 0 Å². The van der Waals surface area contributed by atoms with E-state index in [1.54, 1.807) is 36.5 Å². The summed E-state index contributed by atoms with van der Waals surface area (Å²) in [7, 11) is 0. The third-order valence-corrected chi connectivity index (χ3v) is 5.37. The lowest BCUT2D eigenvalue weighted by Gasteiger charge is -2.06. The zero-order chi connectivity index (χ0) is 23.0. The van der Waals surface area contributed by atoms with Gasteiger partial charge in [-0.25, -0.2) is 10.2 Å². The first-order chi connectivity index (χ1) is 15.6. The fourth-order valence-electron chi connectivity index (χ4n) is 3.42. The van der Waals surface area contributed by atoms with Crippen LogP contribution in [0.15, 0.2) is 53.6 Å². The van der Waals surface area contributed by atoms with E-state index in [-0.39, 0.29) is 11.9 Å². The zero-order valence-corrected chi connectivity index (χ0v) is 19.4. The van der Waals surface area contributed by atoms with Gasteiger partial charge in [-0.05, 0) is 54.8 Å². The van der Waals surface area contributed by atoms with Gasteiger partial charge in [-0.1, -0.05) is 76.5 Å². The standard InChI is InChI=1S/C27H36N2O3/c1-3-4-5-6-7-8-9-10-11-16-26(30)29-28-21-23-17-19-24(20-18-23)32-27(31)25-15-13-12-14-22(25)2/h12-15,17-21H,3-11,16H2,1-2H3,(H,29,30)/b28-21+. The van der Waals surface area contributed by atoms with Gasteiger partial charge in [-0.2, -0.15) is 5.10 Å². The molecule has 0 unspecified atom stereocenters. The molecule has 2 aromatic rings. The van der Waals surface area contributed by atoms with Gasteiger partial charge in [0.1, 0.15) is 5.75 Å². The Morgan fingerprint density at radius 3 is 2.16 bits per heavy atom. The number of esters is 1. The molecule has 0 saturated heterocycles. The molecule has 0 fully saturated rings. The van der Waals surface area contributed by atoms with E-state index in [1.165, 1.54) is 44.9 Å². The highest BCUT2D eigenvalue weighted by Crippen LogP contribution is 2.15. The van der Waals surface area contributed by atoms with Crippen molar-refractivity contribution < 1.29 is 14.3 Å². The predicted molar refractivity (Wildman–Crippen MR) is 130 cm³/mol. The van der Waals surface area contributed by atoms with Crippen LogP contribution in [-0.4, -0.2) is 18.1 Å². The Balaban J connectivity index is 1.63. The molecule has 0 aliphatic heterocycles. The number of hydrogen-bond donors (Lipinski definition) is 1. The number of unbranched alkanes of at least 4 members (excludes halogenated alkanes) is 8. The lowest BCUT2D eigenvalue weighted by atomic mass is 10.1. The Hall–Kier alpha value is -2.95. The average molecular weight is 437 g/mol. The van der Waals surface area contributed by atoms with E-state index < -0.39 is 0 Å². The maximum Gasteiger partial charge on any atom is 0.343 e. The van der Waals surface area contributed by atoms with Crippen molar-refractivity contribution in [1.29, 1.82) is 0 Å². The number of amides is 1. The van der Waals surface area contributed by atoms with Crippen molar-refractivity contribution in [3.05, 3.63) is 65.2 Å². The molecule has 0 aromatic heterocycles. The Kier molecular flexibility index (Phi) is 11.8. The minimum atomic E-state index is -0.381. The summed E-state index contributed by atoms with van der Waals surface area (Å²) >= 11 is 0. The number of aryl methyl sites for hydroxylation is 1. The van der Waals surface area contributed by atoms with Crippen LogP contribution >= 0.6 is 0 Å². The van der Waals surface area contributed by atoms with Crippen LogP contribution < -0.4 is 10.2 Å². The molecule has 1 amide bonds. The van der Waals surface area contributed by atoms with Gasteiger partial charge in [0.25, 0.3) is 0 Å². The van der Waals surface area contributed by atoms with Crippen LogP contribution in [0.5, 0.6) is 5.75 Å². The molecule has 0 atom stereocenters. The van der Waals surface area contributed by atoms with Crippen LogP contribution in [0.3, 0.4) is 0 Å². The minimum Gasteiger partial charge on any atom is -0.423 e. The van der Waals surface area contributed by atoms with E-state index in [9.17, 15) is 9.59 Å². The Morgan fingerprint density at radius 2 is 1.50 bits per heavy atom. The number of nitrogens with zero attached hydrogens (tertiary/aromatic N) is 1. The van der Waals surface area contributed by atoms with Crippen molar-refractivity contribution in [3.8, 4) is 5.75 Å². The van der Waals surface area contributed by atoms with E-state index in [0.717, 1.165) is 24.0 Å². The molecule has 172 valence electrons. The summed E-state index contributed by atoms with van der Waals surface area (Å²) in [6.45, 7) is 4.11. The summed E-state index contributed by atoms with van der Waals surface area (Å²) in [5.74, 6) is 0.0195. The third kappa shape index (κ3) is 9.90. The number of nitrogens with one attached hydrogen (secondary N) is 1. The van der Waals surface area contributed by atoms with Gasteiger partial charge in [0, 0.05) is 6.42 Å². The molecule has 0 radical (unpaired) electrons. The number of benzene rings is 2. The van der Waals surface area contributed by atoms with Crippen molar-refractivity contribution >= 4 is 18.1 Å². The fourth-order valence-corrected chi connectivity index (χ4v) is 3.42. The third-order valence-electron chi connectivity index (χ3n) is 5.37. The number of carbonyl (C=O) groups is 2. The molecule has 2 aromatic carbocycles. The number of rotatable bonds is 14. The SMILES string of the molecule is CCCCCCCCCCCC(=O)N/N=C/c1ccc(OC(=O)c2ccccc2C)cc1. The van der Waals surface area contributed by atoms with Gasteiger partial charge >= 0.3 is 5.97 Å². The highest BCUT2D eigenvalue weighted by Gasteiger charge is 2.10. The molecule has 0 heterocycles. The van der Waals surface area contributed by atoms with E-state index >= 15 is 0 Å². The molecule has 0 aliphatic rings. The van der Waals surface area contributed by atoms with Crippen LogP contribution in [0, 0.1) is 6.92 Å². The maximum atomic E-state index is 12.3. The summed E-state index contributed by atoms with van der Waals surface area (Å²) in [5, 5.41) is 4.02. The summed E-state index contributed by atoms with van der Waals surface area (Å²) in [4.78, 5) is 24.2. The molecular weight excluding hydrogens is 400 g/mol. The van der Waals surface area contributed by atoms with Crippen LogP contribution in [0.1, 0.15) is 92.6 Å². The number of carbonyl (C=O) groups excluding carboxylic acids is 2.